The highest BCUT2D eigenvalue weighted by Gasteiger charge is 2.43. The van der Waals surface area contributed by atoms with Gasteiger partial charge >= 0.3 is 0 Å². The van der Waals surface area contributed by atoms with E-state index in [1.807, 2.05) is 12.1 Å². The van der Waals surface area contributed by atoms with Crippen LogP contribution in [0.4, 0.5) is 0 Å². The summed E-state index contributed by atoms with van der Waals surface area (Å²) in [6.07, 6.45) is 6.83. The highest BCUT2D eigenvalue weighted by molar-refractivity contribution is 5.29. The largest absolute Gasteiger partial charge is 0.497 e. The minimum absolute atomic E-state index is 0.184. The third-order valence-electron chi connectivity index (χ3n) is 3.74. The molecule has 1 aromatic carbocycles. The Hall–Kier alpha value is -1.06. The predicted molar refractivity (Wildman–Crippen MR) is 65.5 cm³/mol. The van der Waals surface area contributed by atoms with Gasteiger partial charge in [0.1, 0.15) is 5.75 Å². The molecule has 2 fully saturated rings. The Labute approximate surface area is 102 Å². The summed E-state index contributed by atoms with van der Waals surface area (Å²) in [6.45, 7) is 0. The smallest absolute Gasteiger partial charge is 0.180 e. The van der Waals surface area contributed by atoms with Crippen molar-refractivity contribution in [2.45, 2.75) is 44.4 Å². The molecule has 0 amide bonds. The second-order valence-electron chi connectivity index (χ2n) is 4.88. The van der Waals surface area contributed by atoms with Crippen LogP contribution in [0.3, 0.4) is 0 Å². The van der Waals surface area contributed by atoms with E-state index in [9.17, 15) is 0 Å². The van der Waals surface area contributed by atoms with Crippen molar-refractivity contribution >= 4 is 0 Å². The van der Waals surface area contributed by atoms with E-state index in [1.54, 1.807) is 7.11 Å². The van der Waals surface area contributed by atoms with Crippen molar-refractivity contribution in [2.24, 2.45) is 0 Å². The van der Waals surface area contributed by atoms with Gasteiger partial charge in [-0.15, -0.1) is 5.06 Å². The van der Waals surface area contributed by atoms with Crippen LogP contribution in [0, 0.1) is 0 Å². The van der Waals surface area contributed by atoms with Crippen molar-refractivity contribution in [1.29, 1.82) is 0 Å². The Morgan fingerprint density at radius 1 is 1.12 bits per heavy atom. The molecule has 1 aromatic rings. The molecule has 1 saturated carbocycles. The highest BCUT2D eigenvalue weighted by Crippen LogP contribution is 2.43. The highest BCUT2D eigenvalue weighted by atomic mass is 16.8. The van der Waals surface area contributed by atoms with E-state index < -0.39 is 0 Å². The summed E-state index contributed by atoms with van der Waals surface area (Å²) in [5, 5.41) is 2.17. The number of ether oxygens (including phenoxy) is 1. The first-order chi connectivity index (χ1) is 8.38. The molecular weight excluding hydrogens is 214 g/mol. The number of methoxy groups -OCH3 is 1. The molecule has 3 heteroatoms. The molecule has 1 heterocycles. The van der Waals surface area contributed by atoms with Gasteiger partial charge in [0, 0.05) is 6.04 Å². The van der Waals surface area contributed by atoms with E-state index in [0.29, 0.717) is 6.04 Å². The van der Waals surface area contributed by atoms with Crippen molar-refractivity contribution in [3.05, 3.63) is 29.8 Å². The summed E-state index contributed by atoms with van der Waals surface area (Å²) < 4.78 is 5.16. The first kappa shape index (κ1) is 11.1. The van der Waals surface area contributed by atoms with Gasteiger partial charge in [-0.3, -0.25) is 4.84 Å². The van der Waals surface area contributed by atoms with Crippen molar-refractivity contribution in [3.8, 4) is 5.75 Å². The quantitative estimate of drug-likeness (QED) is 0.749. The number of benzene rings is 1. The first-order valence-corrected chi connectivity index (χ1v) is 6.47. The normalized spacial score (nSPS) is 29.0. The lowest BCUT2D eigenvalue weighted by molar-refractivity contribution is 0.119. The van der Waals surface area contributed by atoms with Crippen LogP contribution in [0.15, 0.2) is 24.3 Å². The van der Waals surface area contributed by atoms with Crippen molar-refractivity contribution in [3.63, 3.8) is 0 Å². The molecule has 1 aliphatic heterocycles. The summed E-state index contributed by atoms with van der Waals surface area (Å²) in [7, 11) is 1.69. The number of hydroxylamine groups is 2. The Morgan fingerprint density at radius 3 is 2.47 bits per heavy atom. The van der Waals surface area contributed by atoms with E-state index in [-0.39, 0.29) is 6.23 Å². The van der Waals surface area contributed by atoms with Crippen molar-refractivity contribution < 1.29 is 9.57 Å². The fourth-order valence-corrected chi connectivity index (χ4v) is 2.68. The SMILES string of the molecule is COc1ccc(C2ON2C2CCCCC2)cc1. The third-order valence-corrected chi connectivity index (χ3v) is 3.74. The lowest BCUT2D eigenvalue weighted by Gasteiger charge is -2.20. The second kappa shape index (κ2) is 4.67. The van der Waals surface area contributed by atoms with Gasteiger partial charge < -0.3 is 4.74 Å². The average Bonchev–Trinajstić information content (AvgIpc) is 3.20. The number of hydrogen-bond acceptors (Lipinski definition) is 3. The molecule has 0 N–H and O–H groups in total. The molecule has 0 spiro atoms. The number of rotatable bonds is 3. The van der Waals surface area contributed by atoms with E-state index in [4.69, 9.17) is 9.57 Å². The Kier molecular flexibility index (Phi) is 3.04. The number of hydrogen-bond donors (Lipinski definition) is 0. The maximum absolute atomic E-state index is 5.71. The lowest BCUT2D eigenvalue weighted by Crippen LogP contribution is -2.21. The van der Waals surface area contributed by atoms with Crippen LogP contribution < -0.4 is 4.74 Å². The van der Waals surface area contributed by atoms with Gasteiger partial charge in [-0.1, -0.05) is 31.4 Å². The van der Waals surface area contributed by atoms with Gasteiger partial charge in [-0.05, 0) is 30.5 Å². The van der Waals surface area contributed by atoms with Gasteiger partial charge in [-0.2, -0.15) is 0 Å². The second-order valence-corrected chi connectivity index (χ2v) is 4.88. The zero-order valence-electron chi connectivity index (χ0n) is 10.3. The van der Waals surface area contributed by atoms with Crippen LogP contribution in [0.5, 0.6) is 5.75 Å². The van der Waals surface area contributed by atoms with Crippen LogP contribution >= 0.6 is 0 Å². The summed E-state index contributed by atoms with van der Waals surface area (Å²) in [5.41, 5.74) is 1.23. The molecule has 92 valence electrons. The monoisotopic (exact) mass is 233 g/mol. The molecule has 1 saturated heterocycles. The maximum atomic E-state index is 5.71. The van der Waals surface area contributed by atoms with Gasteiger partial charge in [-0.25, -0.2) is 0 Å². The molecule has 0 aromatic heterocycles. The summed E-state index contributed by atoms with van der Waals surface area (Å²) in [5.74, 6) is 0.901. The Balaban J connectivity index is 1.62. The van der Waals surface area contributed by atoms with Crippen LogP contribution in [-0.2, 0) is 4.84 Å². The number of nitrogens with zero attached hydrogens (tertiary/aromatic N) is 1. The van der Waals surface area contributed by atoms with Crippen LogP contribution in [0.1, 0.15) is 43.9 Å². The first-order valence-electron chi connectivity index (χ1n) is 6.47. The van der Waals surface area contributed by atoms with E-state index in [1.165, 1.54) is 37.7 Å². The van der Waals surface area contributed by atoms with Gasteiger partial charge in [0.2, 0.25) is 0 Å². The fraction of sp³-hybridized carbons (Fsp3) is 0.571. The summed E-state index contributed by atoms with van der Waals surface area (Å²) >= 11 is 0. The molecular formula is C14H19NO2. The van der Waals surface area contributed by atoms with E-state index in [2.05, 4.69) is 17.2 Å². The molecule has 3 nitrogen and oxygen atoms in total. The molecule has 3 rings (SSSR count). The fourth-order valence-electron chi connectivity index (χ4n) is 2.68. The Bertz CT molecular complexity index is 370. The molecule has 0 radical (unpaired) electrons. The zero-order chi connectivity index (χ0) is 11.7. The molecule has 2 unspecified atom stereocenters. The lowest BCUT2D eigenvalue weighted by atomic mass is 9.95. The van der Waals surface area contributed by atoms with Crippen LogP contribution in [-0.4, -0.2) is 18.2 Å². The Morgan fingerprint density at radius 2 is 1.82 bits per heavy atom. The molecule has 0 bridgehead atoms. The van der Waals surface area contributed by atoms with Crippen molar-refractivity contribution in [1.82, 2.24) is 5.06 Å². The van der Waals surface area contributed by atoms with Gasteiger partial charge in [0.15, 0.2) is 6.23 Å². The van der Waals surface area contributed by atoms with Crippen LogP contribution in [0.2, 0.25) is 0 Å². The van der Waals surface area contributed by atoms with Gasteiger partial charge in [0.25, 0.3) is 0 Å². The summed E-state index contributed by atoms with van der Waals surface area (Å²) in [4.78, 5) is 5.71. The summed E-state index contributed by atoms with van der Waals surface area (Å²) in [6, 6.07) is 8.81. The topological polar surface area (TPSA) is 24.8 Å². The molecule has 1 aliphatic carbocycles. The molecule has 2 aliphatic rings. The van der Waals surface area contributed by atoms with Crippen LogP contribution in [0.25, 0.3) is 0 Å². The predicted octanol–water partition coefficient (Wildman–Crippen LogP) is 3.27. The molecule has 2 atom stereocenters. The van der Waals surface area contributed by atoms with E-state index >= 15 is 0 Å². The molecule has 17 heavy (non-hydrogen) atoms. The van der Waals surface area contributed by atoms with Gasteiger partial charge in [0.05, 0.1) is 7.11 Å². The minimum atomic E-state index is 0.184. The third kappa shape index (κ3) is 2.31. The van der Waals surface area contributed by atoms with E-state index in [0.717, 1.165) is 5.75 Å². The standard InChI is InChI=1S/C14H19NO2/c1-16-13-9-7-11(8-10-13)14-15(17-14)12-5-3-2-4-6-12/h7-10,12,14H,2-6H2,1H3. The van der Waals surface area contributed by atoms with Crippen molar-refractivity contribution in [2.75, 3.05) is 7.11 Å². The average molecular weight is 233 g/mol. The zero-order valence-corrected chi connectivity index (χ0v) is 10.3. The maximum Gasteiger partial charge on any atom is 0.180 e. The minimum Gasteiger partial charge on any atom is -0.497 e.